The van der Waals surface area contributed by atoms with Crippen LogP contribution in [0.5, 0.6) is 0 Å². The average Bonchev–Trinajstić information content (AvgIpc) is 3.30. The molecule has 1 aliphatic heterocycles. The van der Waals surface area contributed by atoms with Gasteiger partial charge in [0.1, 0.15) is 0 Å². The minimum absolute atomic E-state index is 0.331. The molecular formula is C21H24N4O3S. The lowest BCUT2D eigenvalue weighted by Gasteiger charge is -2.26. The number of aromatic nitrogens is 2. The number of benzene rings is 2. The molecule has 1 fully saturated rings. The smallest absolute Gasteiger partial charge is 0.243 e. The molecule has 1 aliphatic rings. The molecule has 4 rings (SSSR count). The summed E-state index contributed by atoms with van der Waals surface area (Å²) < 4.78 is 33.9. The van der Waals surface area contributed by atoms with Gasteiger partial charge in [0, 0.05) is 38.6 Å². The number of nitrogens with zero attached hydrogens (tertiary/aromatic N) is 3. The van der Waals surface area contributed by atoms with E-state index in [1.807, 2.05) is 41.2 Å². The van der Waals surface area contributed by atoms with Gasteiger partial charge < -0.3 is 10.1 Å². The van der Waals surface area contributed by atoms with Crippen LogP contribution in [0.4, 0.5) is 0 Å². The van der Waals surface area contributed by atoms with Crippen LogP contribution >= 0.6 is 0 Å². The van der Waals surface area contributed by atoms with Gasteiger partial charge in [-0.05, 0) is 41.5 Å². The van der Waals surface area contributed by atoms with Crippen LogP contribution in [-0.2, 0) is 27.8 Å². The van der Waals surface area contributed by atoms with Gasteiger partial charge in [0.25, 0.3) is 0 Å². The van der Waals surface area contributed by atoms with E-state index in [0.29, 0.717) is 37.7 Å². The molecule has 0 radical (unpaired) electrons. The standard InChI is InChI=1S/C21H24N4O3S/c26-29(27,24-12-14-28-15-13-24)21-8-4-19(5-9-21)17-22-16-18-2-6-20(7-3-18)25-11-1-10-23-25/h1-11,22H,12-17H2. The molecular weight excluding hydrogens is 388 g/mol. The van der Waals surface area contributed by atoms with Gasteiger partial charge in [-0.2, -0.15) is 9.40 Å². The third kappa shape index (κ3) is 4.73. The van der Waals surface area contributed by atoms with E-state index in [4.69, 9.17) is 4.74 Å². The van der Waals surface area contributed by atoms with Crippen LogP contribution in [0, 0.1) is 0 Å². The molecule has 7 nitrogen and oxygen atoms in total. The van der Waals surface area contributed by atoms with Crippen molar-refractivity contribution in [3.8, 4) is 5.69 Å². The van der Waals surface area contributed by atoms with Gasteiger partial charge in [0.15, 0.2) is 0 Å². The second-order valence-corrected chi connectivity index (χ2v) is 8.82. The highest BCUT2D eigenvalue weighted by Crippen LogP contribution is 2.18. The average molecular weight is 413 g/mol. The predicted octanol–water partition coefficient (Wildman–Crippen LogP) is 2.18. The molecule has 0 unspecified atom stereocenters. The molecule has 3 aromatic rings. The monoisotopic (exact) mass is 412 g/mol. The molecule has 8 heteroatoms. The minimum Gasteiger partial charge on any atom is -0.379 e. The van der Waals surface area contributed by atoms with Crippen LogP contribution in [0.1, 0.15) is 11.1 Å². The van der Waals surface area contributed by atoms with Crippen molar-refractivity contribution in [2.45, 2.75) is 18.0 Å². The first kappa shape index (κ1) is 19.8. The van der Waals surface area contributed by atoms with E-state index in [1.165, 1.54) is 9.87 Å². The summed E-state index contributed by atoms with van der Waals surface area (Å²) in [5, 5.41) is 7.62. The van der Waals surface area contributed by atoms with Gasteiger partial charge in [0.05, 0.1) is 23.8 Å². The molecule has 0 saturated carbocycles. The van der Waals surface area contributed by atoms with Gasteiger partial charge in [-0.25, -0.2) is 13.1 Å². The highest BCUT2D eigenvalue weighted by atomic mass is 32.2. The molecule has 1 aromatic heterocycles. The summed E-state index contributed by atoms with van der Waals surface area (Å²) in [7, 11) is -3.44. The second kappa shape index (κ2) is 8.87. The normalized spacial score (nSPS) is 15.4. The summed E-state index contributed by atoms with van der Waals surface area (Å²) in [6.07, 6.45) is 3.67. The number of rotatable bonds is 7. The molecule has 2 heterocycles. The zero-order valence-corrected chi connectivity index (χ0v) is 16.9. The van der Waals surface area contributed by atoms with Crippen molar-refractivity contribution < 1.29 is 13.2 Å². The molecule has 2 aromatic carbocycles. The van der Waals surface area contributed by atoms with Crippen LogP contribution < -0.4 is 5.32 Å². The summed E-state index contributed by atoms with van der Waals surface area (Å²) in [5.74, 6) is 0. The van der Waals surface area contributed by atoms with Crippen LogP contribution in [0.15, 0.2) is 71.9 Å². The van der Waals surface area contributed by atoms with E-state index in [1.54, 1.807) is 18.3 Å². The van der Waals surface area contributed by atoms with E-state index in [-0.39, 0.29) is 0 Å². The highest BCUT2D eigenvalue weighted by molar-refractivity contribution is 7.89. The zero-order chi connectivity index (χ0) is 20.1. The Morgan fingerprint density at radius 2 is 1.55 bits per heavy atom. The maximum absolute atomic E-state index is 12.7. The Balaban J connectivity index is 1.31. The van der Waals surface area contributed by atoms with Crippen molar-refractivity contribution in [3.05, 3.63) is 78.1 Å². The number of nitrogens with one attached hydrogen (secondary N) is 1. The fourth-order valence-corrected chi connectivity index (χ4v) is 4.66. The SMILES string of the molecule is O=S(=O)(c1ccc(CNCc2ccc(-n3cccn3)cc2)cc1)N1CCOCC1. The number of hydrogen-bond donors (Lipinski definition) is 1. The van der Waals surface area contributed by atoms with Crippen LogP contribution in [0.2, 0.25) is 0 Å². The maximum Gasteiger partial charge on any atom is 0.243 e. The Kier molecular flexibility index (Phi) is 6.05. The van der Waals surface area contributed by atoms with E-state index in [2.05, 4.69) is 22.5 Å². The molecule has 0 aliphatic carbocycles. The van der Waals surface area contributed by atoms with Crippen molar-refractivity contribution in [3.63, 3.8) is 0 Å². The minimum atomic E-state index is -3.44. The summed E-state index contributed by atoms with van der Waals surface area (Å²) in [4.78, 5) is 0.331. The lowest BCUT2D eigenvalue weighted by molar-refractivity contribution is 0.0730. The van der Waals surface area contributed by atoms with Crippen molar-refractivity contribution in [2.24, 2.45) is 0 Å². The summed E-state index contributed by atoms with van der Waals surface area (Å²) in [6.45, 7) is 3.11. The maximum atomic E-state index is 12.7. The van der Waals surface area contributed by atoms with Crippen molar-refractivity contribution in [1.29, 1.82) is 0 Å². The van der Waals surface area contributed by atoms with Crippen LogP contribution in [0.3, 0.4) is 0 Å². The van der Waals surface area contributed by atoms with Gasteiger partial charge in [-0.3, -0.25) is 0 Å². The lowest BCUT2D eigenvalue weighted by atomic mass is 10.2. The predicted molar refractivity (Wildman–Crippen MR) is 110 cm³/mol. The Bertz CT molecular complexity index is 1010. The molecule has 1 N–H and O–H groups in total. The topological polar surface area (TPSA) is 76.5 Å². The largest absolute Gasteiger partial charge is 0.379 e. The fourth-order valence-electron chi connectivity index (χ4n) is 3.25. The van der Waals surface area contributed by atoms with Gasteiger partial charge in [-0.1, -0.05) is 24.3 Å². The third-order valence-electron chi connectivity index (χ3n) is 4.89. The Morgan fingerprint density at radius 1 is 0.931 bits per heavy atom. The first-order valence-corrected chi connectivity index (χ1v) is 11.0. The first-order valence-electron chi connectivity index (χ1n) is 9.59. The molecule has 0 bridgehead atoms. The van der Waals surface area contributed by atoms with Crippen LogP contribution in [-0.4, -0.2) is 48.8 Å². The molecule has 1 saturated heterocycles. The Hall–Kier alpha value is -2.52. The third-order valence-corrected chi connectivity index (χ3v) is 6.81. The molecule has 0 spiro atoms. The first-order chi connectivity index (χ1) is 14.1. The van der Waals surface area contributed by atoms with Crippen LogP contribution in [0.25, 0.3) is 5.69 Å². The molecule has 0 amide bonds. The number of hydrogen-bond acceptors (Lipinski definition) is 5. The van der Waals surface area contributed by atoms with E-state index in [0.717, 1.165) is 17.8 Å². The summed E-state index contributed by atoms with van der Waals surface area (Å²) in [6, 6.07) is 17.2. The number of morpholine rings is 1. The summed E-state index contributed by atoms with van der Waals surface area (Å²) >= 11 is 0. The van der Waals surface area contributed by atoms with Crippen molar-refractivity contribution in [2.75, 3.05) is 26.3 Å². The Labute approximate surface area is 171 Å². The van der Waals surface area contributed by atoms with Gasteiger partial charge in [-0.15, -0.1) is 0 Å². The highest BCUT2D eigenvalue weighted by Gasteiger charge is 2.25. The summed E-state index contributed by atoms with van der Waals surface area (Å²) in [5.41, 5.74) is 3.24. The fraction of sp³-hybridized carbons (Fsp3) is 0.286. The lowest BCUT2D eigenvalue weighted by Crippen LogP contribution is -2.40. The quantitative estimate of drug-likeness (QED) is 0.644. The zero-order valence-electron chi connectivity index (χ0n) is 16.1. The Morgan fingerprint density at radius 3 is 2.14 bits per heavy atom. The van der Waals surface area contributed by atoms with E-state index in [9.17, 15) is 8.42 Å². The van der Waals surface area contributed by atoms with Gasteiger partial charge >= 0.3 is 0 Å². The van der Waals surface area contributed by atoms with E-state index < -0.39 is 10.0 Å². The number of sulfonamides is 1. The molecule has 152 valence electrons. The van der Waals surface area contributed by atoms with Crippen molar-refractivity contribution >= 4 is 10.0 Å². The van der Waals surface area contributed by atoms with Crippen molar-refractivity contribution in [1.82, 2.24) is 19.4 Å². The second-order valence-electron chi connectivity index (χ2n) is 6.88. The molecule has 29 heavy (non-hydrogen) atoms. The van der Waals surface area contributed by atoms with E-state index >= 15 is 0 Å². The molecule has 0 atom stereocenters. The number of ether oxygens (including phenoxy) is 1. The van der Waals surface area contributed by atoms with Gasteiger partial charge in [0.2, 0.25) is 10.0 Å².